The van der Waals surface area contributed by atoms with E-state index in [9.17, 15) is 8.42 Å². The third-order valence-corrected chi connectivity index (χ3v) is 6.02. The van der Waals surface area contributed by atoms with Gasteiger partial charge in [-0.15, -0.1) is 0 Å². The van der Waals surface area contributed by atoms with E-state index in [2.05, 4.69) is 4.72 Å². The third kappa shape index (κ3) is 5.28. The molecule has 0 aromatic heterocycles. The summed E-state index contributed by atoms with van der Waals surface area (Å²) in [5.74, 6) is 0.0706. The van der Waals surface area contributed by atoms with Gasteiger partial charge in [-0.2, -0.15) is 0 Å². The van der Waals surface area contributed by atoms with Gasteiger partial charge in [0.15, 0.2) is 0 Å². The maximum atomic E-state index is 12.3. The van der Waals surface area contributed by atoms with E-state index in [1.54, 1.807) is 0 Å². The summed E-state index contributed by atoms with van der Waals surface area (Å²) in [5, 5.41) is 0.692. The highest BCUT2D eigenvalue weighted by Gasteiger charge is 2.26. The summed E-state index contributed by atoms with van der Waals surface area (Å²) in [6, 6.07) is 15.3. The fourth-order valence-corrected chi connectivity index (χ4v) is 4.59. The van der Waals surface area contributed by atoms with E-state index in [1.807, 2.05) is 48.5 Å². The van der Waals surface area contributed by atoms with Crippen molar-refractivity contribution in [2.45, 2.75) is 31.9 Å². The Morgan fingerprint density at radius 3 is 2.76 bits per heavy atom. The Hall–Kier alpha value is -1.40. The minimum atomic E-state index is -3.33. The molecule has 25 heavy (non-hydrogen) atoms. The van der Waals surface area contributed by atoms with Crippen LogP contribution in [0.2, 0.25) is 5.02 Å². The Kier molecular flexibility index (Phi) is 6.12. The van der Waals surface area contributed by atoms with E-state index < -0.39 is 10.0 Å². The second kappa shape index (κ2) is 8.32. The Morgan fingerprint density at radius 2 is 1.96 bits per heavy atom. The fraction of sp³-hybridized carbons (Fsp3) is 0.368. The zero-order valence-electron chi connectivity index (χ0n) is 13.9. The Balaban J connectivity index is 1.44. The molecular weight excluding hydrogens is 358 g/mol. The van der Waals surface area contributed by atoms with Crippen LogP contribution in [0.25, 0.3) is 0 Å². The zero-order chi connectivity index (χ0) is 17.7. The van der Waals surface area contributed by atoms with Crippen molar-refractivity contribution in [2.75, 3.05) is 12.4 Å². The largest absolute Gasteiger partial charge is 0.377 e. The van der Waals surface area contributed by atoms with Gasteiger partial charge in [-0.1, -0.05) is 48.0 Å². The van der Waals surface area contributed by atoms with Crippen LogP contribution in [0.4, 0.5) is 0 Å². The number of sulfonamides is 1. The number of rotatable bonds is 8. The minimum Gasteiger partial charge on any atom is -0.377 e. The number of nitrogens with one attached hydrogen (secondary N) is 1. The predicted molar refractivity (Wildman–Crippen MR) is 100 cm³/mol. The number of ether oxygens (including phenoxy) is 1. The molecule has 134 valence electrons. The number of aryl methyl sites for hydroxylation is 1. The maximum Gasteiger partial charge on any atom is 0.212 e. The van der Waals surface area contributed by atoms with Crippen LogP contribution in [0, 0.1) is 0 Å². The van der Waals surface area contributed by atoms with Gasteiger partial charge in [-0.3, -0.25) is 0 Å². The standard InChI is InChI=1S/C19H22ClNO3S/c20-17-8-9-18-16(13-17)7-10-19(18)21-25(22,23)12-4-11-24-14-15-5-2-1-3-6-15/h1-3,5-6,8-9,13,19,21H,4,7,10-12,14H2/t19-/m0/s1. The van der Waals surface area contributed by atoms with Crippen LogP contribution in [0.5, 0.6) is 0 Å². The number of hydrogen-bond donors (Lipinski definition) is 1. The molecular formula is C19H22ClNO3S. The van der Waals surface area contributed by atoms with Crippen molar-refractivity contribution >= 4 is 21.6 Å². The van der Waals surface area contributed by atoms with E-state index in [0.29, 0.717) is 24.7 Å². The van der Waals surface area contributed by atoms with Crippen molar-refractivity contribution in [1.82, 2.24) is 4.72 Å². The minimum absolute atomic E-state index is 0.0706. The molecule has 0 aliphatic heterocycles. The van der Waals surface area contributed by atoms with Crippen LogP contribution >= 0.6 is 11.6 Å². The molecule has 1 aliphatic rings. The van der Waals surface area contributed by atoms with Crippen LogP contribution in [-0.4, -0.2) is 20.8 Å². The van der Waals surface area contributed by atoms with Crippen LogP contribution in [0.1, 0.15) is 35.6 Å². The monoisotopic (exact) mass is 379 g/mol. The van der Waals surface area contributed by atoms with Crippen molar-refractivity contribution in [1.29, 1.82) is 0 Å². The van der Waals surface area contributed by atoms with Crippen LogP contribution in [0.15, 0.2) is 48.5 Å². The first-order valence-electron chi connectivity index (χ1n) is 8.43. The van der Waals surface area contributed by atoms with Crippen LogP contribution in [0.3, 0.4) is 0 Å². The topological polar surface area (TPSA) is 55.4 Å². The van der Waals surface area contributed by atoms with E-state index in [-0.39, 0.29) is 11.8 Å². The molecule has 1 atom stereocenters. The molecule has 0 spiro atoms. The van der Waals surface area contributed by atoms with Gasteiger partial charge in [0, 0.05) is 17.7 Å². The highest BCUT2D eigenvalue weighted by Crippen LogP contribution is 2.33. The summed E-state index contributed by atoms with van der Waals surface area (Å²) in [6.07, 6.45) is 2.10. The molecule has 1 N–H and O–H groups in total. The highest BCUT2D eigenvalue weighted by atomic mass is 35.5. The van der Waals surface area contributed by atoms with Gasteiger partial charge in [-0.05, 0) is 48.1 Å². The predicted octanol–water partition coefficient (Wildman–Crippen LogP) is 3.85. The van der Waals surface area contributed by atoms with Crippen LogP contribution in [-0.2, 0) is 27.8 Å². The first-order chi connectivity index (χ1) is 12.0. The lowest BCUT2D eigenvalue weighted by atomic mass is 10.1. The molecule has 0 bridgehead atoms. The van der Waals surface area contributed by atoms with Gasteiger partial charge >= 0.3 is 0 Å². The molecule has 0 saturated heterocycles. The SMILES string of the molecule is O=S(=O)(CCCOCc1ccccc1)N[C@H]1CCc2cc(Cl)ccc21. The van der Waals surface area contributed by atoms with Gasteiger partial charge in [0.25, 0.3) is 0 Å². The van der Waals surface area contributed by atoms with Gasteiger partial charge < -0.3 is 4.74 Å². The summed E-state index contributed by atoms with van der Waals surface area (Å²) >= 11 is 5.99. The lowest BCUT2D eigenvalue weighted by Gasteiger charge is -2.14. The summed E-state index contributed by atoms with van der Waals surface area (Å²) in [4.78, 5) is 0. The summed E-state index contributed by atoms with van der Waals surface area (Å²) in [6.45, 7) is 0.928. The van der Waals surface area contributed by atoms with E-state index in [4.69, 9.17) is 16.3 Å². The fourth-order valence-electron chi connectivity index (χ4n) is 3.10. The smallest absolute Gasteiger partial charge is 0.212 e. The maximum absolute atomic E-state index is 12.3. The van der Waals surface area contributed by atoms with Gasteiger partial charge in [-0.25, -0.2) is 13.1 Å². The molecule has 0 saturated carbocycles. The molecule has 0 fully saturated rings. The molecule has 2 aromatic rings. The summed E-state index contributed by atoms with van der Waals surface area (Å²) < 4.78 is 33.0. The normalized spacial score (nSPS) is 16.8. The van der Waals surface area contributed by atoms with Gasteiger partial charge in [0.2, 0.25) is 10.0 Å². The average Bonchev–Trinajstić information content (AvgIpc) is 2.96. The van der Waals surface area contributed by atoms with E-state index >= 15 is 0 Å². The van der Waals surface area contributed by atoms with Crippen molar-refractivity contribution in [2.24, 2.45) is 0 Å². The Labute approximate surface area is 154 Å². The molecule has 0 amide bonds. The van der Waals surface area contributed by atoms with Crippen molar-refractivity contribution in [3.05, 3.63) is 70.2 Å². The van der Waals surface area contributed by atoms with Crippen molar-refractivity contribution < 1.29 is 13.2 Å². The summed E-state index contributed by atoms with van der Waals surface area (Å²) in [7, 11) is -3.33. The molecule has 6 heteroatoms. The third-order valence-electron chi connectivity index (χ3n) is 4.32. The second-order valence-electron chi connectivity index (χ2n) is 6.26. The molecule has 0 unspecified atom stereocenters. The van der Waals surface area contributed by atoms with Crippen LogP contribution < -0.4 is 4.72 Å². The first kappa shape index (κ1) is 18.4. The Morgan fingerprint density at radius 1 is 1.16 bits per heavy atom. The molecule has 1 aliphatic carbocycles. The molecule has 2 aromatic carbocycles. The molecule has 0 heterocycles. The zero-order valence-corrected chi connectivity index (χ0v) is 15.5. The Bertz CT molecular complexity index is 809. The van der Waals surface area contributed by atoms with Crippen molar-refractivity contribution in [3.8, 4) is 0 Å². The molecule has 0 radical (unpaired) electrons. The number of hydrogen-bond acceptors (Lipinski definition) is 3. The quantitative estimate of drug-likeness (QED) is 0.708. The van der Waals surface area contributed by atoms with E-state index in [1.165, 1.54) is 0 Å². The van der Waals surface area contributed by atoms with E-state index in [0.717, 1.165) is 29.5 Å². The molecule has 4 nitrogen and oxygen atoms in total. The molecule has 3 rings (SSSR count). The number of halogens is 1. The average molecular weight is 380 g/mol. The highest BCUT2D eigenvalue weighted by molar-refractivity contribution is 7.89. The second-order valence-corrected chi connectivity index (χ2v) is 8.57. The first-order valence-corrected chi connectivity index (χ1v) is 10.5. The number of fused-ring (bicyclic) bond motifs is 1. The van der Waals surface area contributed by atoms with Gasteiger partial charge in [0.05, 0.1) is 12.4 Å². The van der Waals surface area contributed by atoms with Crippen molar-refractivity contribution in [3.63, 3.8) is 0 Å². The summed E-state index contributed by atoms with van der Waals surface area (Å²) in [5.41, 5.74) is 3.25. The lowest BCUT2D eigenvalue weighted by Crippen LogP contribution is -2.30. The lowest BCUT2D eigenvalue weighted by molar-refractivity contribution is 0.122. The van der Waals surface area contributed by atoms with Gasteiger partial charge in [0.1, 0.15) is 0 Å². The number of benzene rings is 2.